The minimum absolute atomic E-state index is 0.0372. The number of hydrogen-bond acceptors (Lipinski definition) is 4. The minimum Gasteiger partial charge on any atom is -0.508 e. The van der Waals surface area contributed by atoms with Gasteiger partial charge in [0.2, 0.25) is 6.41 Å². The van der Waals surface area contributed by atoms with Crippen LogP contribution in [0.15, 0.2) is 18.2 Å². The third kappa shape index (κ3) is 2.99. The molecule has 2 aliphatic carbocycles. The van der Waals surface area contributed by atoms with Gasteiger partial charge in [-0.2, -0.15) is 0 Å². The van der Waals surface area contributed by atoms with E-state index in [2.05, 4.69) is 36.2 Å². The fourth-order valence-corrected chi connectivity index (χ4v) is 8.14. The number of rotatable bonds is 7. The number of likely N-dealkylation sites (tertiary alicyclic amines) is 1. The van der Waals surface area contributed by atoms with Gasteiger partial charge in [0.15, 0.2) is 0 Å². The van der Waals surface area contributed by atoms with Gasteiger partial charge in [0, 0.05) is 44.2 Å². The number of hydrogen-bond donors (Lipinski definition) is 2. The molecule has 5 heteroatoms. The molecule has 0 radical (unpaired) electrons. The van der Waals surface area contributed by atoms with E-state index in [0.717, 1.165) is 57.6 Å². The summed E-state index contributed by atoms with van der Waals surface area (Å²) in [7, 11) is 1.97. The molecule has 1 saturated carbocycles. The molecule has 2 saturated heterocycles. The summed E-state index contributed by atoms with van der Waals surface area (Å²) in [5, 5.41) is 13.9. The SMILES string of the molecule is CCCC(C1CCC2(C)C3Cc4ccc(O)cc4C12CCN3CC1CNC1)N(C)C=O. The Bertz CT molecular complexity index is 840. The van der Waals surface area contributed by atoms with Gasteiger partial charge in [-0.1, -0.05) is 26.3 Å². The van der Waals surface area contributed by atoms with E-state index in [1.807, 2.05) is 18.0 Å². The lowest BCUT2D eigenvalue weighted by molar-refractivity contribution is -0.122. The number of carbonyl (C=O) groups is 1. The Morgan fingerprint density at radius 3 is 2.84 bits per heavy atom. The second-order valence-corrected chi connectivity index (χ2v) is 11.0. The van der Waals surface area contributed by atoms with Crippen LogP contribution in [0.25, 0.3) is 0 Å². The Morgan fingerprint density at radius 1 is 1.35 bits per heavy atom. The van der Waals surface area contributed by atoms with Crippen LogP contribution in [0.2, 0.25) is 0 Å². The average molecular weight is 426 g/mol. The molecule has 2 N–H and O–H groups in total. The number of fused-ring (bicyclic) bond motifs is 1. The van der Waals surface area contributed by atoms with Crippen molar-refractivity contribution in [3.8, 4) is 5.75 Å². The van der Waals surface area contributed by atoms with Crippen LogP contribution in [-0.2, 0) is 16.6 Å². The van der Waals surface area contributed by atoms with Crippen LogP contribution in [0, 0.1) is 17.3 Å². The molecule has 170 valence electrons. The molecule has 2 aliphatic heterocycles. The van der Waals surface area contributed by atoms with Crippen molar-refractivity contribution < 1.29 is 9.90 Å². The summed E-state index contributed by atoms with van der Waals surface area (Å²) in [6, 6.07) is 6.95. The van der Waals surface area contributed by atoms with E-state index >= 15 is 0 Å². The molecular weight excluding hydrogens is 386 g/mol. The molecular formula is C26H39N3O2. The Hall–Kier alpha value is -1.59. The molecule has 1 amide bonds. The van der Waals surface area contributed by atoms with E-state index < -0.39 is 0 Å². The summed E-state index contributed by atoms with van der Waals surface area (Å²) in [6.45, 7) is 9.41. The summed E-state index contributed by atoms with van der Waals surface area (Å²) in [5.41, 5.74) is 3.03. The number of aromatic hydroxyl groups is 1. The van der Waals surface area contributed by atoms with Crippen molar-refractivity contribution >= 4 is 6.41 Å². The fraction of sp³-hybridized carbons (Fsp3) is 0.731. The highest BCUT2D eigenvalue weighted by Crippen LogP contribution is 2.68. The zero-order chi connectivity index (χ0) is 21.8. The van der Waals surface area contributed by atoms with Crippen molar-refractivity contribution in [2.45, 2.75) is 69.9 Å². The number of carbonyl (C=O) groups excluding carboxylic acids is 1. The molecule has 5 atom stereocenters. The van der Waals surface area contributed by atoms with Crippen LogP contribution in [0.1, 0.15) is 57.1 Å². The van der Waals surface area contributed by atoms with Gasteiger partial charge in [-0.05, 0) is 79.2 Å². The lowest BCUT2D eigenvalue weighted by atomic mass is 9.47. The molecule has 5 unspecified atom stereocenters. The van der Waals surface area contributed by atoms with Gasteiger partial charge in [0.1, 0.15) is 5.75 Å². The highest BCUT2D eigenvalue weighted by atomic mass is 16.3. The van der Waals surface area contributed by atoms with Gasteiger partial charge >= 0.3 is 0 Å². The molecule has 5 rings (SSSR count). The van der Waals surface area contributed by atoms with Crippen LogP contribution in [0.4, 0.5) is 0 Å². The Labute approximate surface area is 187 Å². The average Bonchev–Trinajstić information content (AvgIpc) is 3.05. The van der Waals surface area contributed by atoms with E-state index in [0.29, 0.717) is 17.7 Å². The smallest absolute Gasteiger partial charge is 0.209 e. The molecule has 0 aromatic heterocycles. The maximum Gasteiger partial charge on any atom is 0.209 e. The van der Waals surface area contributed by atoms with Gasteiger partial charge < -0.3 is 15.3 Å². The highest BCUT2D eigenvalue weighted by Gasteiger charge is 2.67. The Morgan fingerprint density at radius 2 is 2.16 bits per heavy atom. The largest absolute Gasteiger partial charge is 0.508 e. The molecule has 0 spiro atoms. The van der Waals surface area contributed by atoms with Crippen LogP contribution >= 0.6 is 0 Å². The number of amides is 1. The Balaban J connectivity index is 1.62. The third-order valence-electron chi connectivity index (χ3n) is 9.68. The summed E-state index contributed by atoms with van der Waals surface area (Å²) in [5.74, 6) is 1.62. The molecule has 5 nitrogen and oxygen atoms in total. The number of benzene rings is 1. The second kappa shape index (κ2) is 7.77. The fourth-order valence-electron chi connectivity index (χ4n) is 8.14. The van der Waals surface area contributed by atoms with Crippen molar-refractivity contribution in [3.63, 3.8) is 0 Å². The lowest BCUT2D eigenvalue weighted by Crippen LogP contribution is -2.68. The topological polar surface area (TPSA) is 55.8 Å². The van der Waals surface area contributed by atoms with Gasteiger partial charge in [0.25, 0.3) is 0 Å². The van der Waals surface area contributed by atoms with Crippen molar-refractivity contribution in [2.24, 2.45) is 17.3 Å². The quantitative estimate of drug-likeness (QED) is 0.659. The standard InChI is InChI=1S/C26H39N3O2/c1-4-5-23(28(3)17-30)21-8-9-25(2)24-12-19-6-7-20(31)13-22(19)26(21,25)10-11-29(24)16-18-14-27-15-18/h6-7,13,17-18,21,23-24,27,31H,4-5,8-12,14-16H2,1-3H3. The predicted molar refractivity (Wildman–Crippen MR) is 123 cm³/mol. The summed E-state index contributed by atoms with van der Waals surface area (Å²) in [6.07, 6.45) is 7.77. The Kier molecular flexibility index (Phi) is 5.33. The zero-order valence-corrected chi connectivity index (χ0v) is 19.4. The van der Waals surface area contributed by atoms with Crippen LogP contribution < -0.4 is 5.32 Å². The summed E-state index contributed by atoms with van der Waals surface area (Å²) in [4.78, 5) is 16.6. The van der Waals surface area contributed by atoms with E-state index in [9.17, 15) is 9.90 Å². The first kappa shape index (κ1) is 21.3. The maximum absolute atomic E-state index is 11.9. The normalized spacial score (nSPS) is 35.7. The first-order valence-electron chi connectivity index (χ1n) is 12.4. The number of nitrogens with one attached hydrogen (secondary N) is 1. The molecule has 2 bridgehead atoms. The first-order chi connectivity index (χ1) is 14.9. The number of phenolic OH excluding ortho intramolecular Hbond substituents is 1. The maximum atomic E-state index is 11.9. The van der Waals surface area contributed by atoms with Crippen molar-refractivity contribution in [1.29, 1.82) is 0 Å². The van der Waals surface area contributed by atoms with Gasteiger partial charge in [-0.15, -0.1) is 0 Å². The van der Waals surface area contributed by atoms with Gasteiger partial charge in [-0.3, -0.25) is 9.69 Å². The summed E-state index contributed by atoms with van der Waals surface area (Å²) >= 11 is 0. The van der Waals surface area contributed by atoms with Crippen molar-refractivity contribution in [2.75, 3.05) is 33.2 Å². The van der Waals surface area contributed by atoms with Crippen molar-refractivity contribution in [1.82, 2.24) is 15.1 Å². The molecule has 1 aromatic rings. The molecule has 31 heavy (non-hydrogen) atoms. The molecule has 4 aliphatic rings. The number of nitrogens with zero attached hydrogens (tertiary/aromatic N) is 2. The molecule has 3 fully saturated rings. The van der Waals surface area contributed by atoms with Crippen LogP contribution in [0.3, 0.4) is 0 Å². The van der Waals surface area contributed by atoms with Crippen molar-refractivity contribution in [3.05, 3.63) is 29.3 Å². The number of piperidine rings is 1. The predicted octanol–water partition coefficient (Wildman–Crippen LogP) is 3.15. The first-order valence-corrected chi connectivity index (χ1v) is 12.4. The van der Waals surface area contributed by atoms with E-state index in [1.165, 1.54) is 30.5 Å². The zero-order valence-electron chi connectivity index (χ0n) is 19.4. The van der Waals surface area contributed by atoms with Crippen LogP contribution in [-0.4, -0.2) is 66.6 Å². The van der Waals surface area contributed by atoms with Crippen LogP contribution in [0.5, 0.6) is 5.75 Å². The van der Waals surface area contributed by atoms with E-state index in [4.69, 9.17) is 0 Å². The highest BCUT2D eigenvalue weighted by molar-refractivity contribution is 5.51. The van der Waals surface area contributed by atoms with E-state index in [-0.39, 0.29) is 16.9 Å². The van der Waals surface area contributed by atoms with Gasteiger partial charge in [-0.25, -0.2) is 0 Å². The number of phenols is 1. The minimum atomic E-state index is 0.0372. The van der Waals surface area contributed by atoms with Gasteiger partial charge in [0.05, 0.1) is 0 Å². The lowest BCUT2D eigenvalue weighted by Gasteiger charge is -2.63. The monoisotopic (exact) mass is 425 g/mol. The molecule has 1 aromatic carbocycles. The second-order valence-electron chi connectivity index (χ2n) is 11.0. The third-order valence-corrected chi connectivity index (χ3v) is 9.68. The molecule has 2 heterocycles. The van der Waals surface area contributed by atoms with E-state index in [1.54, 1.807) is 0 Å². The summed E-state index contributed by atoms with van der Waals surface area (Å²) < 4.78 is 0.